The molecule has 0 N–H and O–H groups in total. The first-order chi connectivity index (χ1) is 12.8. The van der Waals surface area contributed by atoms with Crippen LogP contribution in [0.3, 0.4) is 0 Å². The molecule has 27 heavy (non-hydrogen) atoms. The SMILES string of the molecule is C=CCN(Cc1ccc(-c2noc(C(F)(F)F)n2)cc1)C(=O)CCCOC. The van der Waals surface area contributed by atoms with Crippen LogP contribution in [0.25, 0.3) is 11.4 Å². The molecule has 0 fully saturated rings. The number of ether oxygens (including phenoxy) is 1. The molecule has 1 amide bonds. The number of aromatic nitrogens is 2. The monoisotopic (exact) mass is 383 g/mol. The molecule has 0 atom stereocenters. The molecule has 1 aromatic carbocycles. The average molecular weight is 383 g/mol. The van der Waals surface area contributed by atoms with Gasteiger partial charge in [-0.3, -0.25) is 4.79 Å². The van der Waals surface area contributed by atoms with E-state index in [9.17, 15) is 18.0 Å². The Bertz CT molecular complexity index is 757. The zero-order valence-electron chi connectivity index (χ0n) is 14.8. The van der Waals surface area contributed by atoms with Gasteiger partial charge in [0.25, 0.3) is 0 Å². The minimum atomic E-state index is -4.68. The van der Waals surface area contributed by atoms with E-state index >= 15 is 0 Å². The van der Waals surface area contributed by atoms with Crippen LogP contribution in [-0.2, 0) is 22.3 Å². The van der Waals surface area contributed by atoms with Gasteiger partial charge in [-0.15, -0.1) is 6.58 Å². The van der Waals surface area contributed by atoms with Crippen LogP contribution < -0.4 is 0 Å². The lowest BCUT2D eigenvalue weighted by Crippen LogP contribution is -2.30. The third-order valence-electron chi connectivity index (χ3n) is 3.70. The Morgan fingerprint density at radius 1 is 1.33 bits per heavy atom. The van der Waals surface area contributed by atoms with Gasteiger partial charge in [-0.2, -0.15) is 18.2 Å². The molecule has 0 saturated carbocycles. The summed E-state index contributed by atoms with van der Waals surface area (Å²) in [6, 6.07) is 6.58. The van der Waals surface area contributed by atoms with Crippen molar-refractivity contribution in [3.05, 3.63) is 48.4 Å². The highest BCUT2D eigenvalue weighted by molar-refractivity contribution is 5.76. The standard InChI is InChI=1S/C18H20F3N3O3/c1-3-10-24(15(25)5-4-11-26-2)12-13-6-8-14(9-7-13)16-22-17(27-23-16)18(19,20)21/h3,6-9H,1,4-5,10-12H2,2H3. The minimum absolute atomic E-state index is 0.0241. The van der Waals surface area contributed by atoms with E-state index in [2.05, 4.69) is 21.2 Å². The van der Waals surface area contributed by atoms with Gasteiger partial charge in [-0.05, 0) is 12.0 Å². The third-order valence-corrected chi connectivity index (χ3v) is 3.70. The quantitative estimate of drug-likeness (QED) is 0.488. The number of alkyl halides is 3. The number of hydrogen-bond acceptors (Lipinski definition) is 5. The lowest BCUT2D eigenvalue weighted by molar-refractivity contribution is -0.159. The zero-order chi connectivity index (χ0) is 19.9. The number of benzene rings is 1. The summed E-state index contributed by atoms with van der Waals surface area (Å²) in [6.45, 7) is 4.92. The van der Waals surface area contributed by atoms with Crippen molar-refractivity contribution in [2.75, 3.05) is 20.3 Å². The summed E-state index contributed by atoms with van der Waals surface area (Å²) in [6.07, 6.45) is -2.05. The van der Waals surface area contributed by atoms with E-state index in [-0.39, 0.29) is 11.7 Å². The zero-order valence-corrected chi connectivity index (χ0v) is 14.8. The molecule has 146 valence electrons. The molecular weight excluding hydrogens is 363 g/mol. The van der Waals surface area contributed by atoms with E-state index in [1.165, 1.54) is 0 Å². The molecule has 1 heterocycles. The number of nitrogens with zero attached hydrogens (tertiary/aromatic N) is 3. The normalized spacial score (nSPS) is 11.4. The lowest BCUT2D eigenvalue weighted by Gasteiger charge is -2.21. The van der Waals surface area contributed by atoms with Gasteiger partial charge in [0.05, 0.1) is 0 Å². The fourth-order valence-electron chi connectivity index (χ4n) is 2.37. The van der Waals surface area contributed by atoms with Crippen molar-refractivity contribution >= 4 is 5.91 Å². The second kappa shape index (κ2) is 9.31. The summed E-state index contributed by atoms with van der Waals surface area (Å²) in [5.74, 6) is -1.56. The van der Waals surface area contributed by atoms with Crippen LogP contribution in [-0.4, -0.2) is 41.2 Å². The fraction of sp³-hybridized carbons (Fsp3) is 0.389. The number of carbonyl (C=O) groups is 1. The first kappa shape index (κ1) is 20.6. The fourth-order valence-corrected chi connectivity index (χ4v) is 2.37. The molecule has 0 spiro atoms. The van der Waals surface area contributed by atoms with E-state index in [1.807, 2.05) is 0 Å². The Kier molecular flexibility index (Phi) is 7.12. The Morgan fingerprint density at radius 2 is 2.04 bits per heavy atom. The van der Waals surface area contributed by atoms with Crippen molar-refractivity contribution in [1.29, 1.82) is 0 Å². The number of carbonyl (C=O) groups excluding carboxylic acids is 1. The van der Waals surface area contributed by atoms with Gasteiger partial charge in [0.1, 0.15) is 0 Å². The topological polar surface area (TPSA) is 68.5 Å². The molecule has 0 radical (unpaired) electrons. The molecule has 0 aliphatic carbocycles. The van der Waals surface area contributed by atoms with Crippen molar-refractivity contribution in [3.8, 4) is 11.4 Å². The van der Waals surface area contributed by atoms with Crippen LogP contribution in [0.1, 0.15) is 24.3 Å². The minimum Gasteiger partial charge on any atom is -0.385 e. The Labute approximate surface area is 154 Å². The number of amides is 1. The largest absolute Gasteiger partial charge is 0.471 e. The first-order valence-electron chi connectivity index (χ1n) is 8.23. The maximum Gasteiger partial charge on any atom is 0.471 e. The number of methoxy groups -OCH3 is 1. The van der Waals surface area contributed by atoms with Gasteiger partial charge in [0.15, 0.2) is 0 Å². The summed E-state index contributed by atoms with van der Waals surface area (Å²) in [7, 11) is 1.58. The van der Waals surface area contributed by atoms with Crippen LogP contribution >= 0.6 is 0 Å². The number of halogens is 3. The summed E-state index contributed by atoms with van der Waals surface area (Å²) in [4.78, 5) is 17.3. The van der Waals surface area contributed by atoms with Crippen LogP contribution in [0.5, 0.6) is 0 Å². The summed E-state index contributed by atoms with van der Waals surface area (Å²) < 4.78 is 46.8. The highest BCUT2D eigenvalue weighted by Crippen LogP contribution is 2.29. The molecule has 0 unspecified atom stereocenters. The highest BCUT2D eigenvalue weighted by atomic mass is 19.4. The molecule has 0 bridgehead atoms. The van der Waals surface area contributed by atoms with Gasteiger partial charge in [0.2, 0.25) is 11.7 Å². The summed E-state index contributed by atoms with van der Waals surface area (Å²) in [5, 5.41) is 3.35. The maximum atomic E-state index is 12.5. The van der Waals surface area contributed by atoms with E-state index in [0.29, 0.717) is 38.1 Å². The second-order valence-corrected chi connectivity index (χ2v) is 5.78. The molecule has 1 aromatic heterocycles. The molecule has 6 nitrogen and oxygen atoms in total. The van der Waals surface area contributed by atoms with Gasteiger partial charge >= 0.3 is 12.1 Å². The van der Waals surface area contributed by atoms with E-state index in [4.69, 9.17) is 4.74 Å². The molecule has 9 heteroatoms. The molecule has 2 aromatic rings. The molecule has 0 aliphatic heterocycles. The van der Waals surface area contributed by atoms with E-state index < -0.39 is 12.1 Å². The molecule has 2 rings (SSSR count). The van der Waals surface area contributed by atoms with Crippen molar-refractivity contribution in [2.24, 2.45) is 0 Å². The van der Waals surface area contributed by atoms with Crippen LogP contribution in [0, 0.1) is 0 Å². The lowest BCUT2D eigenvalue weighted by atomic mass is 10.1. The predicted molar refractivity (Wildman–Crippen MR) is 91.5 cm³/mol. The predicted octanol–water partition coefficient (Wildman–Crippen LogP) is 3.70. The van der Waals surface area contributed by atoms with Crippen LogP contribution in [0.4, 0.5) is 13.2 Å². The van der Waals surface area contributed by atoms with Crippen molar-refractivity contribution in [2.45, 2.75) is 25.6 Å². The molecular formula is C18H20F3N3O3. The summed E-state index contributed by atoms with van der Waals surface area (Å²) in [5.41, 5.74) is 1.21. The van der Waals surface area contributed by atoms with Crippen molar-refractivity contribution in [3.63, 3.8) is 0 Å². The van der Waals surface area contributed by atoms with Gasteiger partial charge in [-0.1, -0.05) is 35.5 Å². The Balaban J connectivity index is 2.05. The second-order valence-electron chi connectivity index (χ2n) is 5.78. The van der Waals surface area contributed by atoms with Crippen LogP contribution in [0.15, 0.2) is 41.4 Å². The van der Waals surface area contributed by atoms with E-state index in [1.54, 1.807) is 42.4 Å². The smallest absolute Gasteiger partial charge is 0.385 e. The Hall–Kier alpha value is -2.68. The number of hydrogen-bond donors (Lipinski definition) is 0. The summed E-state index contributed by atoms with van der Waals surface area (Å²) >= 11 is 0. The van der Waals surface area contributed by atoms with E-state index in [0.717, 1.165) is 5.56 Å². The first-order valence-corrected chi connectivity index (χ1v) is 8.23. The Morgan fingerprint density at radius 3 is 2.59 bits per heavy atom. The van der Waals surface area contributed by atoms with Crippen LogP contribution in [0.2, 0.25) is 0 Å². The third kappa shape index (κ3) is 5.92. The highest BCUT2D eigenvalue weighted by Gasteiger charge is 2.38. The average Bonchev–Trinajstić information content (AvgIpc) is 3.12. The number of rotatable bonds is 9. The van der Waals surface area contributed by atoms with Crippen molar-refractivity contribution < 1.29 is 27.2 Å². The molecule has 0 saturated heterocycles. The van der Waals surface area contributed by atoms with Gasteiger partial charge in [-0.25, -0.2) is 0 Å². The maximum absolute atomic E-state index is 12.5. The van der Waals surface area contributed by atoms with Gasteiger partial charge in [0, 0.05) is 38.8 Å². The molecule has 0 aliphatic rings. The van der Waals surface area contributed by atoms with Crippen molar-refractivity contribution in [1.82, 2.24) is 15.0 Å². The van der Waals surface area contributed by atoms with Gasteiger partial charge < -0.3 is 14.2 Å².